The zero-order valence-corrected chi connectivity index (χ0v) is 10.4. The number of hydrogen-bond acceptors (Lipinski definition) is 4. The van der Waals surface area contributed by atoms with E-state index in [2.05, 4.69) is 24.0 Å². The molecule has 2 atom stereocenters. The van der Waals surface area contributed by atoms with Crippen molar-refractivity contribution in [3.8, 4) is 0 Å². The highest BCUT2D eigenvalue weighted by atomic mass is 32.2. The van der Waals surface area contributed by atoms with Gasteiger partial charge in [-0.1, -0.05) is 0 Å². The number of hydrogen-bond donors (Lipinski definition) is 1. The zero-order chi connectivity index (χ0) is 11.4. The smallest absolute Gasteiger partial charge is 0.0666 e. The lowest BCUT2D eigenvalue weighted by atomic mass is 10.2. The van der Waals surface area contributed by atoms with Crippen LogP contribution in [0.3, 0.4) is 0 Å². The molecule has 1 saturated heterocycles. The molecule has 0 bridgehead atoms. The van der Waals surface area contributed by atoms with Crippen LogP contribution in [-0.4, -0.2) is 22.9 Å². The molecule has 1 aromatic rings. The van der Waals surface area contributed by atoms with Crippen molar-refractivity contribution < 1.29 is 4.74 Å². The van der Waals surface area contributed by atoms with E-state index in [9.17, 15) is 0 Å². The first kappa shape index (κ1) is 11.9. The zero-order valence-electron chi connectivity index (χ0n) is 9.56. The van der Waals surface area contributed by atoms with Crippen LogP contribution in [0.1, 0.15) is 24.6 Å². The fraction of sp³-hybridized carbons (Fsp3) is 0.583. The quantitative estimate of drug-likeness (QED) is 0.871. The van der Waals surface area contributed by atoms with Crippen LogP contribution in [0.4, 0.5) is 0 Å². The fourth-order valence-corrected chi connectivity index (χ4v) is 3.06. The molecule has 2 N–H and O–H groups in total. The summed E-state index contributed by atoms with van der Waals surface area (Å²) in [5.41, 5.74) is 7.84. The lowest BCUT2D eigenvalue weighted by Gasteiger charge is -2.13. The molecule has 3 nitrogen and oxygen atoms in total. The molecule has 1 fully saturated rings. The summed E-state index contributed by atoms with van der Waals surface area (Å²) >= 11 is 1.97. The highest BCUT2D eigenvalue weighted by Gasteiger charge is 2.24. The van der Waals surface area contributed by atoms with Crippen LogP contribution in [0, 0.1) is 0 Å². The number of aromatic nitrogens is 1. The molecule has 0 saturated carbocycles. The molecular weight excluding hydrogens is 220 g/mol. The van der Waals surface area contributed by atoms with Gasteiger partial charge in [0.2, 0.25) is 0 Å². The van der Waals surface area contributed by atoms with E-state index in [0.717, 1.165) is 18.1 Å². The third kappa shape index (κ3) is 2.97. The van der Waals surface area contributed by atoms with Gasteiger partial charge in [-0.15, -0.1) is 0 Å². The Bertz CT molecular complexity index is 346. The van der Waals surface area contributed by atoms with Gasteiger partial charge in [0, 0.05) is 30.4 Å². The normalized spacial score (nSPS) is 24.9. The van der Waals surface area contributed by atoms with Crippen LogP contribution in [-0.2, 0) is 17.0 Å². The van der Waals surface area contributed by atoms with Crippen LogP contribution in [0.15, 0.2) is 18.3 Å². The summed E-state index contributed by atoms with van der Waals surface area (Å²) < 4.78 is 5.55. The lowest BCUT2D eigenvalue weighted by Crippen LogP contribution is -2.13. The van der Waals surface area contributed by atoms with Gasteiger partial charge in [-0.25, -0.2) is 0 Å². The van der Waals surface area contributed by atoms with Gasteiger partial charge in [-0.3, -0.25) is 4.98 Å². The van der Waals surface area contributed by atoms with Crippen molar-refractivity contribution >= 4 is 11.8 Å². The first-order chi connectivity index (χ1) is 7.79. The van der Waals surface area contributed by atoms with Crippen molar-refractivity contribution in [2.75, 3.05) is 6.61 Å². The molecule has 1 aliphatic heterocycles. The Morgan fingerprint density at radius 3 is 3.19 bits per heavy atom. The molecule has 4 heteroatoms. The molecule has 2 unspecified atom stereocenters. The maximum atomic E-state index is 5.57. The molecule has 2 rings (SSSR count). The maximum Gasteiger partial charge on any atom is 0.0666 e. The molecular formula is C12H18N2OS. The minimum Gasteiger partial charge on any atom is -0.377 e. The van der Waals surface area contributed by atoms with Crippen LogP contribution in [0.2, 0.25) is 0 Å². The van der Waals surface area contributed by atoms with Gasteiger partial charge < -0.3 is 10.5 Å². The van der Waals surface area contributed by atoms with Gasteiger partial charge in [0.15, 0.2) is 0 Å². The number of nitrogens with zero attached hydrogens (tertiary/aromatic N) is 1. The van der Waals surface area contributed by atoms with Gasteiger partial charge >= 0.3 is 0 Å². The summed E-state index contributed by atoms with van der Waals surface area (Å²) in [5, 5.41) is 0.634. The number of nitrogens with two attached hydrogens (primary N) is 1. The van der Waals surface area contributed by atoms with E-state index in [1.807, 2.05) is 18.0 Å². The van der Waals surface area contributed by atoms with Crippen molar-refractivity contribution in [2.45, 2.75) is 37.0 Å². The summed E-state index contributed by atoms with van der Waals surface area (Å²) in [5.74, 6) is 1.02. The lowest BCUT2D eigenvalue weighted by molar-refractivity contribution is 0.127. The van der Waals surface area contributed by atoms with Crippen LogP contribution < -0.4 is 5.73 Å². The summed E-state index contributed by atoms with van der Waals surface area (Å²) in [6.45, 7) is 3.58. The Morgan fingerprint density at radius 1 is 1.62 bits per heavy atom. The van der Waals surface area contributed by atoms with Gasteiger partial charge in [-0.05, 0) is 31.0 Å². The van der Waals surface area contributed by atoms with Crippen LogP contribution >= 0.6 is 11.8 Å². The van der Waals surface area contributed by atoms with Gasteiger partial charge in [0.05, 0.1) is 11.8 Å². The average molecular weight is 238 g/mol. The molecule has 0 spiro atoms. The Morgan fingerprint density at radius 2 is 2.50 bits per heavy atom. The molecule has 88 valence electrons. The molecule has 0 radical (unpaired) electrons. The predicted molar refractivity (Wildman–Crippen MR) is 67.2 cm³/mol. The van der Waals surface area contributed by atoms with E-state index in [1.54, 1.807) is 0 Å². The largest absolute Gasteiger partial charge is 0.377 e. The Kier molecular flexibility index (Phi) is 4.21. The maximum absolute atomic E-state index is 5.57. The molecule has 0 aliphatic carbocycles. The summed E-state index contributed by atoms with van der Waals surface area (Å²) in [6, 6.07) is 4.15. The molecule has 1 aromatic heterocycles. The van der Waals surface area contributed by atoms with E-state index < -0.39 is 0 Å². The van der Waals surface area contributed by atoms with Crippen molar-refractivity contribution in [3.05, 3.63) is 29.6 Å². The first-order valence-corrected chi connectivity index (χ1v) is 6.71. The summed E-state index contributed by atoms with van der Waals surface area (Å²) in [7, 11) is 0. The third-order valence-electron chi connectivity index (χ3n) is 2.86. The van der Waals surface area contributed by atoms with Crippen molar-refractivity contribution in [1.82, 2.24) is 4.98 Å². The summed E-state index contributed by atoms with van der Waals surface area (Å²) in [6.07, 6.45) is 3.40. The predicted octanol–water partition coefficient (Wildman–Crippen LogP) is 1.95. The van der Waals surface area contributed by atoms with Gasteiger partial charge in [0.25, 0.3) is 0 Å². The van der Waals surface area contributed by atoms with Crippen molar-refractivity contribution in [2.24, 2.45) is 5.73 Å². The minimum absolute atomic E-state index is 0.390. The number of ether oxygens (including phenoxy) is 1. The Labute approximate surface area is 101 Å². The first-order valence-electron chi connectivity index (χ1n) is 5.66. The van der Waals surface area contributed by atoms with Crippen LogP contribution in [0.25, 0.3) is 0 Å². The van der Waals surface area contributed by atoms with Gasteiger partial charge in [-0.2, -0.15) is 11.8 Å². The topological polar surface area (TPSA) is 48.1 Å². The molecule has 0 amide bonds. The SMILES string of the molecule is CC1OCCC1SCc1ccnc(CN)c1. The second-order valence-corrected chi connectivity index (χ2v) is 5.30. The standard InChI is InChI=1S/C12H18N2OS/c1-9-12(3-5-15-9)16-8-10-2-4-14-11(6-10)7-13/h2,4,6,9,12H,3,5,7-8,13H2,1H3. The second-order valence-electron chi connectivity index (χ2n) is 4.07. The molecule has 2 heterocycles. The molecule has 0 aromatic carbocycles. The fourth-order valence-electron chi connectivity index (χ4n) is 1.86. The van der Waals surface area contributed by atoms with E-state index in [-0.39, 0.29) is 0 Å². The average Bonchev–Trinajstić information content (AvgIpc) is 2.72. The third-order valence-corrected chi connectivity index (χ3v) is 4.41. The van der Waals surface area contributed by atoms with E-state index in [1.165, 1.54) is 12.0 Å². The van der Waals surface area contributed by atoms with E-state index in [4.69, 9.17) is 10.5 Å². The van der Waals surface area contributed by atoms with Crippen LogP contribution in [0.5, 0.6) is 0 Å². The van der Waals surface area contributed by atoms with E-state index >= 15 is 0 Å². The number of rotatable bonds is 4. The minimum atomic E-state index is 0.390. The number of pyridine rings is 1. The Hall–Kier alpha value is -0.580. The van der Waals surface area contributed by atoms with E-state index in [0.29, 0.717) is 17.9 Å². The monoisotopic (exact) mass is 238 g/mol. The Balaban J connectivity index is 1.88. The molecule has 16 heavy (non-hydrogen) atoms. The van der Waals surface area contributed by atoms with Gasteiger partial charge in [0.1, 0.15) is 0 Å². The van der Waals surface area contributed by atoms with Crippen molar-refractivity contribution in [1.29, 1.82) is 0 Å². The highest BCUT2D eigenvalue weighted by molar-refractivity contribution is 7.99. The molecule has 1 aliphatic rings. The number of thioether (sulfide) groups is 1. The second kappa shape index (κ2) is 5.66. The van der Waals surface area contributed by atoms with Crippen molar-refractivity contribution in [3.63, 3.8) is 0 Å². The summed E-state index contributed by atoms with van der Waals surface area (Å²) in [4.78, 5) is 4.19. The highest BCUT2D eigenvalue weighted by Crippen LogP contribution is 2.28.